The van der Waals surface area contributed by atoms with Crippen molar-refractivity contribution in [2.45, 2.75) is 245 Å². The van der Waals surface area contributed by atoms with Crippen LogP contribution in [0.2, 0.25) is 0 Å². The van der Waals surface area contributed by atoms with E-state index in [0.29, 0.717) is 80.3 Å². The molecule has 9 atom stereocenters. The summed E-state index contributed by atoms with van der Waals surface area (Å²) in [5, 5.41) is 42.4. The highest BCUT2D eigenvalue weighted by Gasteiger charge is 2.50. The van der Waals surface area contributed by atoms with Crippen LogP contribution in [0.5, 0.6) is 0 Å². The van der Waals surface area contributed by atoms with Crippen LogP contribution in [-0.4, -0.2) is 189 Å². The zero-order chi connectivity index (χ0) is 94.3. The number of carbonyl (C=O) groups excluding carboxylic acids is 4. The molecule has 4 unspecified atom stereocenters. The summed E-state index contributed by atoms with van der Waals surface area (Å²) in [4.78, 5) is 71.9. The van der Waals surface area contributed by atoms with Crippen LogP contribution in [-0.2, 0) is 81.1 Å². The standard InChI is InChI=1S/C26H35BrN4O3S.2C26H32N2O4S.C21H25BrN2O3S/c1-5-30-11-9-20(16-30)28-25(33)21-14-18-15-31(35(34)26(2,3)4)22(10-12-32)23(18)24(29-21)17-7-6-8-19(27)13-17;2*1-6-8-10-18-11-9-12-19(15-18)24-23-20(16-21(27-24)25(30)32-7-2)17-28(22(23)13-14-29)33(31)26(3,4)5;1-13(26)17-11-15-12-24(28(27)21(2,3)4)18(8-9-25)19(15)20(23-17)14-6-5-7-16(22)10-14/h6-8,13-14,20,22,32H,5,9-12,15-16H2,1-4H3,(H,28,33);2*9,11-12,15-16,22,29H,6-7,13-14,17H2,1-5H3;5-7,10-11,18,25H,8-9,12H2,1-4H3/t20-,22-,35?;2*22-,33?;18-,28?/m0101/s1. The van der Waals surface area contributed by atoms with Crippen LogP contribution in [0.1, 0.15) is 291 Å². The predicted molar refractivity (Wildman–Crippen MR) is 520 cm³/mol. The van der Waals surface area contributed by atoms with E-state index in [0.717, 1.165) is 131 Å². The van der Waals surface area contributed by atoms with Gasteiger partial charge in [-0.15, -0.1) is 17.2 Å². The number of aliphatic hydroxyl groups is 4. The summed E-state index contributed by atoms with van der Waals surface area (Å²) >= 11 is 1.89. The molecule has 5 N–H and O–H groups in total. The molecule has 0 saturated carbocycles. The minimum atomic E-state index is -1.31. The van der Waals surface area contributed by atoms with Crippen LogP contribution in [0.25, 0.3) is 45.0 Å². The number of rotatable bonds is 24. The number of ketones is 1. The molecular weight excluding hydrogens is 1840 g/mol. The Morgan fingerprint density at radius 3 is 1.04 bits per heavy atom. The lowest BCUT2D eigenvalue weighted by atomic mass is 9.95. The van der Waals surface area contributed by atoms with E-state index in [1.807, 2.05) is 223 Å². The molecule has 4 aromatic carbocycles. The van der Waals surface area contributed by atoms with E-state index >= 15 is 0 Å². The first-order chi connectivity index (χ1) is 61.2. The molecule has 8 aromatic rings. The number of nitrogens with one attached hydrogen (secondary N) is 1. The largest absolute Gasteiger partial charge is 0.597 e. The van der Waals surface area contributed by atoms with Gasteiger partial charge < -0.3 is 58.3 Å². The third kappa shape index (κ3) is 25.5. The van der Waals surface area contributed by atoms with Gasteiger partial charge in [0.25, 0.3) is 5.91 Å². The first kappa shape index (κ1) is 104. The lowest BCUT2D eigenvalue weighted by Gasteiger charge is -2.33. The minimum Gasteiger partial charge on any atom is -0.597 e. The van der Waals surface area contributed by atoms with Gasteiger partial charge in [0.2, 0.25) is 0 Å². The molecule has 5 aliphatic rings. The maximum absolute atomic E-state index is 13.5. The number of Topliss-reactive ketones (excluding diaryl/α,β-unsaturated/α-hetero) is 1. The van der Waals surface area contributed by atoms with Gasteiger partial charge in [0.1, 0.15) is 41.8 Å². The molecule has 9 heterocycles. The van der Waals surface area contributed by atoms with E-state index < -0.39 is 76.4 Å². The Balaban J connectivity index is 0.000000179. The third-order valence-corrected chi connectivity index (χ3v) is 30.5. The molecule has 1 saturated heterocycles. The van der Waals surface area contributed by atoms with E-state index in [2.05, 4.69) is 77.7 Å². The number of halogens is 2. The summed E-state index contributed by atoms with van der Waals surface area (Å²) in [6.07, 6.45) is 4.16. The van der Waals surface area contributed by atoms with Crippen molar-refractivity contribution in [3.05, 3.63) is 209 Å². The quantitative estimate of drug-likeness (QED) is 0.0162. The Morgan fingerprint density at radius 2 is 0.752 bits per heavy atom. The maximum Gasteiger partial charge on any atom is 0.356 e. The molecule has 692 valence electrons. The van der Waals surface area contributed by atoms with E-state index in [-0.39, 0.29) is 92.9 Å². The number of esters is 2. The molecule has 24 nitrogen and oxygen atoms in total. The average molecular weight is 1970 g/mol. The molecule has 0 aliphatic carbocycles. The van der Waals surface area contributed by atoms with Gasteiger partial charge in [-0.3, -0.25) is 9.59 Å². The molecule has 1 amide bonds. The number of aliphatic hydroxyl groups excluding tert-OH is 4. The Labute approximate surface area is 791 Å². The van der Waals surface area contributed by atoms with Crippen molar-refractivity contribution in [2.75, 3.05) is 59.3 Å². The van der Waals surface area contributed by atoms with Crippen molar-refractivity contribution < 1.29 is 67.3 Å². The summed E-state index contributed by atoms with van der Waals surface area (Å²) in [6.45, 7) is 39.3. The minimum absolute atomic E-state index is 0.0195. The molecule has 129 heavy (non-hydrogen) atoms. The molecule has 5 aliphatic heterocycles. The van der Waals surface area contributed by atoms with Crippen LogP contribution in [0.3, 0.4) is 0 Å². The fraction of sp³-hybridized carbons (Fsp3) is 0.475. The van der Waals surface area contributed by atoms with Crippen molar-refractivity contribution in [3.63, 3.8) is 0 Å². The number of likely N-dealkylation sites (N-methyl/N-ethyl adjacent to an activating group) is 1. The molecule has 30 heteroatoms. The Bertz CT molecular complexity index is 5260. The first-order valence-electron chi connectivity index (χ1n) is 44.1. The fourth-order valence-corrected chi connectivity index (χ4v) is 22.7. The maximum atomic E-state index is 13.5. The monoisotopic (exact) mass is 1960 g/mol. The highest BCUT2D eigenvalue weighted by molar-refractivity contribution is 9.10. The van der Waals surface area contributed by atoms with Crippen molar-refractivity contribution in [3.8, 4) is 68.7 Å². The third-order valence-electron chi connectivity index (χ3n) is 22.1. The summed E-state index contributed by atoms with van der Waals surface area (Å²) in [5.74, 6) is 11.2. The van der Waals surface area contributed by atoms with E-state index in [1.54, 1.807) is 26.0 Å². The van der Waals surface area contributed by atoms with Crippen LogP contribution in [0.15, 0.2) is 130 Å². The highest BCUT2D eigenvalue weighted by atomic mass is 79.9. The first-order valence-corrected chi connectivity index (χ1v) is 50.1. The number of benzene rings is 4. The molecule has 0 radical (unpaired) electrons. The number of aromatic nitrogens is 4. The normalized spacial score (nSPS) is 18.4. The van der Waals surface area contributed by atoms with Crippen molar-refractivity contribution in [1.82, 2.24) is 47.4 Å². The van der Waals surface area contributed by atoms with Gasteiger partial charge in [-0.2, -0.15) is 0 Å². The van der Waals surface area contributed by atoms with Crippen molar-refractivity contribution in [2.24, 2.45) is 0 Å². The predicted octanol–water partition coefficient (Wildman–Crippen LogP) is 17.2. The lowest BCUT2D eigenvalue weighted by molar-refractivity contribution is 0.0510. The Kier molecular flexibility index (Phi) is 36.9. The van der Waals surface area contributed by atoms with Gasteiger partial charge in [0.15, 0.2) is 5.78 Å². The van der Waals surface area contributed by atoms with Crippen LogP contribution < -0.4 is 5.32 Å². The smallest absolute Gasteiger partial charge is 0.356 e. The van der Waals surface area contributed by atoms with Gasteiger partial charge in [-0.25, -0.2) is 29.5 Å². The van der Waals surface area contributed by atoms with Gasteiger partial charge in [0, 0.05) is 175 Å². The number of pyridine rings is 4. The topological polar surface area (TPSA) is 340 Å². The van der Waals surface area contributed by atoms with Crippen LogP contribution >= 0.6 is 31.9 Å². The molecule has 0 bridgehead atoms. The highest BCUT2D eigenvalue weighted by Crippen LogP contribution is 2.51. The number of hydrogen-bond acceptors (Lipinski definition) is 23. The number of amides is 1. The van der Waals surface area contributed by atoms with E-state index in [1.165, 1.54) is 6.92 Å². The molecule has 4 aromatic heterocycles. The summed E-state index contributed by atoms with van der Waals surface area (Å²) in [7, 11) is 0. The Hall–Kier alpha value is -7.48. The molecule has 0 spiro atoms. The number of likely N-dealkylation sites (tertiary alicyclic amines) is 1. The molecule has 1 fully saturated rings. The molecule has 13 rings (SSSR count). The summed E-state index contributed by atoms with van der Waals surface area (Å²) < 4.78 is 71.6. The van der Waals surface area contributed by atoms with Gasteiger partial charge in [-0.05, 0) is 231 Å². The number of carbonyl (C=O) groups is 4. The number of ether oxygens (including phenoxy) is 2. The van der Waals surface area contributed by atoms with Gasteiger partial charge in [-0.1, -0.05) is 125 Å². The van der Waals surface area contributed by atoms with Crippen molar-refractivity contribution >= 4 is 101 Å². The number of hydrogen-bond donors (Lipinski definition) is 5. The van der Waals surface area contributed by atoms with Gasteiger partial charge in [0.05, 0.1) is 86.3 Å². The van der Waals surface area contributed by atoms with Crippen LogP contribution in [0.4, 0.5) is 0 Å². The second kappa shape index (κ2) is 46.0. The average Bonchev–Trinajstić information content (AvgIpc) is 1.62. The second-order valence-corrected chi connectivity index (χ2v) is 46.5. The SMILES string of the molecule is CC(=O)c1cc2c(c(-c3cccc(Br)c3)n1)[C@@H](CCO)N([S+]([O-])C(C)(C)C)C2.CCC#Cc1cccc(-c2nc(C(=O)OCC)cc3c2[C@@H](CCO)N([S+]([O-])C(C)(C)C)C3)c1.CCC#Cc1cccc(-c2nc(C(=O)OCC)cc3c2[C@H](CCO)N([S+]([O-])C(C)(C)C)C3)c1.CCN1CC[C@H](NC(=O)c2cc3c(c(-c4cccc(Br)c4)n2)[C@H](CCO)N([S+]([O-])C(C)(C)C)C3)C1. The lowest BCUT2D eigenvalue weighted by Crippen LogP contribution is -2.42. The second-order valence-electron chi connectivity index (χ2n) is 35.9. The van der Waals surface area contributed by atoms with E-state index in [9.17, 15) is 57.8 Å². The zero-order valence-corrected chi connectivity index (χ0v) is 83.8. The molecular formula is C99H124Br2N10O14S4. The van der Waals surface area contributed by atoms with E-state index in [4.69, 9.17) is 24.4 Å². The zero-order valence-electron chi connectivity index (χ0n) is 77.4. The van der Waals surface area contributed by atoms with Gasteiger partial charge >= 0.3 is 11.9 Å². The van der Waals surface area contributed by atoms with Crippen LogP contribution in [0, 0.1) is 23.7 Å². The Morgan fingerprint density at radius 1 is 0.450 bits per heavy atom. The number of fused-ring (bicyclic) bond motifs is 4. The fourth-order valence-electron chi connectivity index (χ4n) is 16.3. The number of nitrogens with zero attached hydrogens (tertiary/aromatic N) is 9. The van der Waals surface area contributed by atoms with Crippen molar-refractivity contribution in [1.29, 1.82) is 0 Å². The summed E-state index contributed by atoms with van der Waals surface area (Å²) in [5.41, 5.74) is 16.4. The summed E-state index contributed by atoms with van der Waals surface area (Å²) in [6, 6.07) is 37.4.